The summed E-state index contributed by atoms with van der Waals surface area (Å²) < 4.78 is 41.8. The molecule has 0 atom stereocenters. The Hall–Kier alpha value is -2.28. The first-order valence-corrected chi connectivity index (χ1v) is 7.49. The monoisotopic (exact) mass is 336 g/mol. The molecule has 0 saturated carbocycles. The second-order valence-electron chi connectivity index (χ2n) is 4.86. The molecule has 23 heavy (non-hydrogen) atoms. The molecular formula is C16H11F3N2OS. The maximum atomic E-state index is 12.5. The van der Waals surface area contributed by atoms with Gasteiger partial charge in [-0.3, -0.25) is 0 Å². The lowest BCUT2D eigenvalue weighted by molar-refractivity contribution is -0.159. The summed E-state index contributed by atoms with van der Waals surface area (Å²) >= 11 is 1.51. The van der Waals surface area contributed by atoms with Crippen molar-refractivity contribution < 1.29 is 17.7 Å². The number of hydrogen-bond acceptors (Lipinski definition) is 4. The number of rotatable bonds is 3. The highest BCUT2D eigenvalue weighted by Gasteiger charge is 2.38. The van der Waals surface area contributed by atoms with Gasteiger partial charge in [-0.15, -0.1) is 0 Å². The van der Waals surface area contributed by atoms with E-state index < -0.39 is 12.1 Å². The van der Waals surface area contributed by atoms with Crippen molar-refractivity contribution in [1.82, 2.24) is 10.1 Å². The molecule has 1 heterocycles. The summed E-state index contributed by atoms with van der Waals surface area (Å²) in [6.07, 6.45) is -4.64. The second kappa shape index (κ2) is 6.08. The number of halogens is 3. The van der Waals surface area contributed by atoms with Gasteiger partial charge in [0.25, 0.3) is 0 Å². The van der Waals surface area contributed by atoms with Gasteiger partial charge < -0.3 is 4.52 Å². The number of aromatic nitrogens is 2. The number of nitrogens with zero attached hydrogens (tertiary/aromatic N) is 2. The van der Waals surface area contributed by atoms with E-state index in [1.807, 2.05) is 37.3 Å². The normalized spacial score (nSPS) is 11.7. The molecule has 0 N–H and O–H groups in total. The van der Waals surface area contributed by atoms with E-state index in [1.54, 1.807) is 18.2 Å². The summed E-state index contributed by atoms with van der Waals surface area (Å²) in [6.45, 7) is 2.00. The third kappa shape index (κ3) is 3.73. The Kier molecular flexibility index (Phi) is 4.12. The van der Waals surface area contributed by atoms with Crippen LogP contribution >= 0.6 is 11.8 Å². The summed E-state index contributed by atoms with van der Waals surface area (Å²) in [5.74, 6) is -1.42. The molecule has 118 valence electrons. The van der Waals surface area contributed by atoms with Crippen LogP contribution in [-0.2, 0) is 6.18 Å². The molecule has 0 spiro atoms. The van der Waals surface area contributed by atoms with Gasteiger partial charge in [-0.2, -0.15) is 18.2 Å². The minimum Gasteiger partial charge on any atom is -0.329 e. The Labute approximate surface area is 134 Å². The Morgan fingerprint density at radius 1 is 1.00 bits per heavy atom. The summed E-state index contributed by atoms with van der Waals surface area (Å²) in [4.78, 5) is 5.32. The summed E-state index contributed by atoms with van der Waals surface area (Å²) in [5, 5.41) is 3.40. The van der Waals surface area contributed by atoms with E-state index in [1.165, 1.54) is 11.8 Å². The van der Waals surface area contributed by atoms with Crippen molar-refractivity contribution in [2.45, 2.75) is 22.9 Å². The topological polar surface area (TPSA) is 38.9 Å². The van der Waals surface area contributed by atoms with Crippen LogP contribution in [0.1, 0.15) is 11.5 Å². The number of hydrogen-bond donors (Lipinski definition) is 0. The van der Waals surface area contributed by atoms with Crippen LogP contribution in [0.5, 0.6) is 0 Å². The van der Waals surface area contributed by atoms with E-state index in [4.69, 9.17) is 0 Å². The molecule has 0 saturated heterocycles. The van der Waals surface area contributed by atoms with Crippen molar-refractivity contribution in [2.75, 3.05) is 0 Å². The zero-order valence-corrected chi connectivity index (χ0v) is 12.8. The highest BCUT2D eigenvalue weighted by Crippen LogP contribution is 2.32. The molecule has 0 aliphatic rings. The van der Waals surface area contributed by atoms with Gasteiger partial charge in [0.2, 0.25) is 5.82 Å². The van der Waals surface area contributed by atoms with Crippen LogP contribution < -0.4 is 0 Å². The van der Waals surface area contributed by atoms with Crippen molar-refractivity contribution in [3.8, 4) is 11.4 Å². The first-order chi connectivity index (χ1) is 10.9. The van der Waals surface area contributed by atoms with Gasteiger partial charge in [0.05, 0.1) is 0 Å². The quantitative estimate of drug-likeness (QED) is 0.658. The molecule has 0 aliphatic carbocycles. The molecule has 3 aromatic rings. The average Bonchev–Trinajstić information content (AvgIpc) is 3.00. The Morgan fingerprint density at radius 2 is 1.74 bits per heavy atom. The fourth-order valence-electron chi connectivity index (χ4n) is 1.90. The largest absolute Gasteiger partial charge is 0.471 e. The van der Waals surface area contributed by atoms with Crippen molar-refractivity contribution in [2.24, 2.45) is 0 Å². The van der Waals surface area contributed by atoms with Crippen LogP contribution in [0, 0.1) is 6.92 Å². The molecule has 3 rings (SSSR count). The third-order valence-corrected chi connectivity index (χ3v) is 4.01. The molecule has 1 aromatic heterocycles. The summed E-state index contributed by atoms with van der Waals surface area (Å²) in [7, 11) is 0. The van der Waals surface area contributed by atoms with Gasteiger partial charge in [-0.05, 0) is 31.2 Å². The zero-order chi connectivity index (χ0) is 16.4. The standard InChI is InChI=1S/C16H11F3N2OS/c1-10-5-7-12(8-6-10)23-13-4-2-3-11(9-13)14-20-15(22-21-14)16(17,18)19/h2-9H,1H3. The SMILES string of the molecule is Cc1ccc(Sc2cccc(-c3noc(C(F)(F)F)n3)c2)cc1. The smallest absolute Gasteiger partial charge is 0.329 e. The Morgan fingerprint density at radius 3 is 2.39 bits per heavy atom. The molecule has 0 fully saturated rings. The predicted octanol–water partition coefficient (Wildman–Crippen LogP) is 5.22. The maximum Gasteiger partial charge on any atom is 0.471 e. The molecule has 2 aromatic carbocycles. The first kappa shape index (κ1) is 15.6. The van der Waals surface area contributed by atoms with E-state index in [2.05, 4.69) is 14.7 Å². The van der Waals surface area contributed by atoms with Gasteiger partial charge in [-0.1, -0.05) is 46.7 Å². The van der Waals surface area contributed by atoms with E-state index in [9.17, 15) is 13.2 Å². The number of alkyl halides is 3. The highest BCUT2D eigenvalue weighted by atomic mass is 32.2. The first-order valence-electron chi connectivity index (χ1n) is 6.68. The van der Waals surface area contributed by atoms with E-state index in [0.717, 1.165) is 15.4 Å². The fourth-order valence-corrected chi connectivity index (χ4v) is 2.77. The molecule has 7 heteroatoms. The lowest BCUT2D eigenvalue weighted by atomic mass is 10.2. The Balaban J connectivity index is 1.85. The van der Waals surface area contributed by atoms with E-state index >= 15 is 0 Å². The minimum atomic E-state index is -4.64. The van der Waals surface area contributed by atoms with Crippen LogP contribution in [0.15, 0.2) is 62.8 Å². The molecule has 0 aliphatic heterocycles. The van der Waals surface area contributed by atoms with Crippen LogP contribution in [0.3, 0.4) is 0 Å². The summed E-state index contributed by atoms with van der Waals surface area (Å²) in [5.41, 5.74) is 1.64. The lowest BCUT2D eigenvalue weighted by Crippen LogP contribution is -2.04. The number of benzene rings is 2. The van der Waals surface area contributed by atoms with Crippen LogP contribution in [-0.4, -0.2) is 10.1 Å². The van der Waals surface area contributed by atoms with Crippen molar-refractivity contribution >= 4 is 11.8 Å². The van der Waals surface area contributed by atoms with Crippen molar-refractivity contribution in [3.63, 3.8) is 0 Å². The highest BCUT2D eigenvalue weighted by molar-refractivity contribution is 7.99. The van der Waals surface area contributed by atoms with Gasteiger partial charge in [0.1, 0.15) is 0 Å². The molecular weight excluding hydrogens is 325 g/mol. The minimum absolute atomic E-state index is 0.0799. The van der Waals surface area contributed by atoms with Crippen LogP contribution in [0.25, 0.3) is 11.4 Å². The average molecular weight is 336 g/mol. The maximum absolute atomic E-state index is 12.5. The van der Waals surface area contributed by atoms with Crippen molar-refractivity contribution in [1.29, 1.82) is 0 Å². The molecule has 3 nitrogen and oxygen atoms in total. The molecule has 0 bridgehead atoms. The summed E-state index contributed by atoms with van der Waals surface area (Å²) in [6, 6.07) is 15.0. The van der Waals surface area contributed by atoms with E-state index in [-0.39, 0.29) is 5.82 Å². The van der Waals surface area contributed by atoms with Gasteiger partial charge in [0, 0.05) is 15.4 Å². The van der Waals surface area contributed by atoms with Crippen LogP contribution in [0.4, 0.5) is 13.2 Å². The molecule has 0 radical (unpaired) electrons. The van der Waals surface area contributed by atoms with Crippen LogP contribution in [0.2, 0.25) is 0 Å². The van der Waals surface area contributed by atoms with Crippen molar-refractivity contribution in [3.05, 3.63) is 60.0 Å². The molecule has 0 unspecified atom stereocenters. The molecule has 0 amide bonds. The predicted molar refractivity (Wildman–Crippen MR) is 80.0 cm³/mol. The second-order valence-corrected chi connectivity index (χ2v) is 6.01. The van der Waals surface area contributed by atoms with Gasteiger partial charge in [0.15, 0.2) is 0 Å². The fraction of sp³-hybridized carbons (Fsp3) is 0.125. The third-order valence-electron chi connectivity index (χ3n) is 3.02. The Bertz CT molecular complexity index is 813. The van der Waals surface area contributed by atoms with Gasteiger partial charge >= 0.3 is 12.1 Å². The van der Waals surface area contributed by atoms with Gasteiger partial charge in [-0.25, -0.2) is 0 Å². The lowest BCUT2D eigenvalue weighted by Gasteiger charge is -2.03. The van der Waals surface area contributed by atoms with E-state index in [0.29, 0.717) is 5.56 Å². The zero-order valence-electron chi connectivity index (χ0n) is 12.0. The number of aryl methyl sites for hydroxylation is 1.